The van der Waals surface area contributed by atoms with Gasteiger partial charge in [0.05, 0.1) is 30.4 Å². The van der Waals surface area contributed by atoms with Crippen LogP contribution in [-0.4, -0.2) is 85.0 Å². The fraction of sp³-hybridized carbons (Fsp3) is 0.611. The van der Waals surface area contributed by atoms with Crippen LogP contribution in [0.15, 0.2) is 48.5 Å². The number of aliphatic hydroxyl groups excluding tert-OH is 1. The van der Waals surface area contributed by atoms with Gasteiger partial charge in [-0.05, 0) is 89.2 Å². The number of hydrogen-bond donors (Lipinski definition) is 3. The molecular weight excluding hydrogens is 568 g/mol. The standard InChI is InChI=1S/C36H54N4O5/c1-26-22-40(27(2)25-41)35(42)32-21-31(38-36(43)37-30-16-9-6-10-17-30)18-19-33(32)45-28(3)13-11-12-20-44-34(26)24-39(4)23-29-14-7-5-8-15-29/h6,9-10,16-19,21,26-29,34,41H,5,7-8,11-15,20,22-25H2,1-4H3,(H2,37,38,43)/t26-,27+,28-,34-/m1/s1. The molecule has 0 radical (unpaired) electrons. The van der Waals surface area contributed by atoms with Crippen LogP contribution < -0.4 is 15.4 Å². The number of benzene rings is 2. The summed E-state index contributed by atoms with van der Waals surface area (Å²) in [7, 11) is 2.19. The van der Waals surface area contributed by atoms with Gasteiger partial charge in [0.1, 0.15) is 5.75 Å². The minimum absolute atomic E-state index is 0.0287. The maximum atomic E-state index is 14.3. The Morgan fingerprint density at radius 3 is 2.42 bits per heavy atom. The number of fused-ring (bicyclic) bond motifs is 1. The van der Waals surface area contributed by atoms with Gasteiger partial charge in [-0.15, -0.1) is 0 Å². The monoisotopic (exact) mass is 622 g/mol. The zero-order valence-electron chi connectivity index (χ0n) is 27.7. The molecule has 9 heteroatoms. The van der Waals surface area contributed by atoms with E-state index >= 15 is 0 Å². The van der Waals surface area contributed by atoms with E-state index in [4.69, 9.17) is 9.47 Å². The molecule has 3 N–H and O–H groups in total. The molecule has 248 valence electrons. The van der Waals surface area contributed by atoms with Crippen molar-refractivity contribution < 1.29 is 24.2 Å². The minimum atomic E-state index is -0.420. The molecule has 0 aromatic heterocycles. The normalized spacial score (nSPS) is 23.0. The number of anilines is 2. The lowest BCUT2D eigenvalue weighted by Crippen LogP contribution is -2.47. The van der Waals surface area contributed by atoms with Gasteiger partial charge in [-0.25, -0.2) is 4.79 Å². The van der Waals surface area contributed by atoms with E-state index in [1.165, 1.54) is 32.1 Å². The van der Waals surface area contributed by atoms with Gasteiger partial charge in [-0.1, -0.05) is 44.4 Å². The van der Waals surface area contributed by atoms with Crippen LogP contribution in [-0.2, 0) is 4.74 Å². The van der Waals surface area contributed by atoms with Crippen molar-refractivity contribution in [2.75, 3.05) is 50.5 Å². The fourth-order valence-corrected chi connectivity index (χ4v) is 6.47. The van der Waals surface area contributed by atoms with Crippen LogP contribution in [0, 0.1) is 11.8 Å². The predicted molar refractivity (Wildman–Crippen MR) is 180 cm³/mol. The number of nitrogens with one attached hydrogen (secondary N) is 2. The maximum Gasteiger partial charge on any atom is 0.323 e. The Bertz CT molecular complexity index is 1210. The average molecular weight is 623 g/mol. The highest BCUT2D eigenvalue weighted by atomic mass is 16.5. The van der Waals surface area contributed by atoms with Crippen molar-refractivity contribution in [3.05, 3.63) is 54.1 Å². The van der Waals surface area contributed by atoms with E-state index < -0.39 is 12.1 Å². The molecule has 0 spiro atoms. The Labute approximate surface area is 269 Å². The van der Waals surface area contributed by atoms with Gasteiger partial charge >= 0.3 is 6.03 Å². The van der Waals surface area contributed by atoms with Gasteiger partial charge in [0.25, 0.3) is 5.91 Å². The van der Waals surface area contributed by atoms with Crippen molar-refractivity contribution in [2.45, 2.75) is 90.4 Å². The van der Waals surface area contributed by atoms with Crippen molar-refractivity contribution >= 4 is 23.3 Å². The summed E-state index contributed by atoms with van der Waals surface area (Å²) < 4.78 is 12.9. The van der Waals surface area contributed by atoms with E-state index in [0.717, 1.165) is 38.3 Å². The summed E-state index contributed by atoms with van der Waals surface area (Å²) in [4.78, 5) is 31.2. The van der Waals surface area contributed by atoms with Crippen LogP contribution in [0.25, 0.3) is 0 Å². The summed E-state index contributed by atoms with van der Waals surface area (Å²) >= 11 is 0. The summed E-state index contributed by atoms with van der Waals surface area (Å²) in [6, 6.07) is 13.5. The SMILES string of the molecule is C[C@@H]1CCCCO[C@H](CN(C)CC2CCCCC2)[C@H](C)CN([C@@H](C)CO)C(=O)c2cc(NC(=O)Nc3ccccc3)ccc2O1. The van der Waals surface area contributed by atoms with Crippen LogP contribution >= 0.6 is 0 Å². The maximum absolute atomic E-state index is 14.3. The molecule has 0 bridgehead atoms. The highest BCUT2D eigenvalue weighted by Gasteiger charge is 2.31. The average Bonchev–Trinajstić information content (AvgIpc) is 3.03. The fourth-order valence-electron chi connectivity index (χ4n) is 6.47. The van der Waals surface area contributed by atoms with Crippen molar-refractivity contribution in [3.63, 3.8) is 0 Å². The van der Waals surface area contributed by atoms with Crippen molar-refractivity contribution in [3.8, 4) is 5.75 Å². The van der Waals surface area contributed by atoms with E-state index in [9.17, 15) is 14.7 Å². The van der Waals surface area contributed by atoms with E-state index in [2.05, 4.69) is 29.5 Å². The number of ether oxygens (including phenoxy) is 2. The predicted octanol–water partition coefficient (Wildman–Crippen LogP) is 6.64. The summed E-state index contributed by atoms with van der Waals surface area (Å²) in [5.41, 5.74) is 1.50. The van der Waals surface area contributed by atoms with Crippen LogP contribution in [0.1, 0.15) is 82.5 Å². The Kier molecular flexibility index (Phi) is 13.5. The number of urea groups is 1. The topological polar surface area (TPSA) is 103 Å². The number of carbonyl (C=O) groups is 2. The first kappa shape index (κ1) is 34.7. The first-order valence-corrected chi connectivity index (χ1v) is 16.9. The molecule has 1 aliphatic heterocycles. The number of rotatable bonds is 8. The lowest BCUT2D eigenvalue weighted by atomic mass is 9.89. The first-order chi connectivity index (χ1) is 21.7. The first-order valence-electron chi connectivity index (χ1n) is 16.9. The highest BCUT2D eigenvalue weighted by molar-refractivity contribution is 6.02. The molecule has 1 aliphatic carbocycles. The molecule has 0 saturated heterocycles. The van der Waals surface area contributed by atoms with Crippen molar-refractivity contribution in [1.82, 2.24) is 9.80 Å². The molecule has 2 aliphatic rings. The molecule has 1 heterocycles. The second-order valence-corrected chi connectivity index (χ2v) is 13.2. The summed E-state index contributed by atoms with van der Waals surface area (Å²) in [5, 5.41) is 15.9. The molecule has 45 heavy (non-hydrogen) atoms. The largest absolute Gasteiger partial charge is 0.490 e. The van der Waals surface area contributed by atoms with Crippen molar-refractivity contribution in [2.24, 2.45) is 11.8 Å². The Balaban J connectivity index is 1.56. The molecule has 0 unspecified atom stereocenters. The van der Waals surface area contributed by atoms with Crippen LogP contribution in [0.5, 0.6) is 5.75 Å². The second-order valence-electron chi connectivity index (χ2n) is 13.2. The van der Waals surface area contributed by atoms with Gasteiger partial charge in [-0.2, -0.15) is 0 Å². The molecular formula is C36H54N4O5. The number of aliphatic hydroxyl groups is 1. The van der Waals surface area contributed by atoms with E-state index in [1.807, 2.05) is 44.2 Å². The van der Waals surface area contributed by atoms with Gasteiger partial charge in [0.15, 0.2) is 0 Å². The number of para-hydroxylation sites is 1. The second kappa shape index (κ2) is 17.5. The number of nitrogens with zero attached hydrogens (tertiary/aromatic N) is 2. The third-order valence-corrected chi connectivity index (χ3v) is 9.13. The lowest BCUT2D eigenvalue weighted by molar-refractivity contribution is -0.0190. The summed E-state index contributed by atoms with van der Waals surface area (Å²) in [6.45, 7) is 8.79. The molecule has 1 saturated carbocycles. The van der Waals surface area contributed by atoms with Crippen LogP contribution in [0.3, 0.4) is 0 Å². The molecule has 1 fully saturated rings. The Hall–Kier alpha value is -3.14. The van der Waals surface area contributed by atoms with Crippen LogP contribution in [0.4, 0.5) is 16.2 Å². The summed E-state index contributed by atoms with van der Waals surface area (Å²) in [6.07, 6.45) is 9.15. The molecule has 2 aromatic rings. The van der Waals surface area contributed by atoms with E-state index in [0.29, 0.717) is 35.8 Å². The third kappa shape index (κ3) is 10.7. The molecule has 3 amide bonds. The van der Waals surface area contributed by atoms with Gasteiger partial charge in [-0.3, -0.25) is 4.79 Å². The zero-order chi connectivity index (χ0) is 32.2. The molecule has 4 atom stereocenters. The van der Waals surface area contributed by atoms with Gasteiger partial charge in [0.2, 0.25) is 0 Å². The quantitative estimate of drug-likeness (QED) is 0.305. The van der Waals surface area contributed by atoms with Gasteiger partial charge < -0.3 is 35.0 Å². The highest BCUT2D eigenvalue weighted by Crippen LogP contribution is 2.29. The lowest BCUT2D eigenvalue weighted by Gasteiger charge is -2.36. The molecule has 4 rings (SSSR count). The summed E-state index contributed by atoms with van der Waals surface area (Å²) in [5.74, 6) is 0.993. The van der Waals surface area contributed by atoms with E-state index in [1.54, 1.807) is 23.1 Å². The molecule has 9 nitrogen and oxygen atoms in total. The number of likely N-dealkylation sites (N-methyl/N-ethyl adjacent to an activating group) is 1. The number of amides is 3. The minimum Gasteiger partial charge on any atom is -0.490 e. The smallest absolute Gasteiger partial charge is 0.323 e. The molecule has 2 aromatic carbocycles. The Morgan fingerprint density at radius 1 is 0.978 bits per heavy atom. The number of hydrogen-bond acceptors (Lipinski definition) is 6. The zero-order valence-corrected chi connectivity index (χ0v) is 27.7. The van der Waals surface area contributed by atoms with Crippen LogP contribution in [0.2, 0.25) is 0 Å². The van der Waals surface area contributed by atoms with E-state index in [-0.39, 0.29) is 30.6 Å². The van der Waals surface area contributed by atoms with Gasteiger partial charge in [0, 0.05) is 43.5 Å². The number of carbonyl (C=O) groups excluding carboxylic acids is 2. The van der Waals surface area contributed by atoms with Crippen molar-refractivity contribution in [1.29, 1.82) is 0 Å². The third-order valence-electron chi connectivity index (χ3n) is 9.13. The Morgan fingerprint density at radius 2 is 1.69 bits per heavy atom.